The molecule has 1 aliphatic heterocycles. The average molecular weight is 331 g/mol. The summed E-state index contributed by atoms with van der Waals surface area (Å²) in [7, 11) is 0. The van der Waals surface area contributed by atoms with Crippen molar-refractivity contribution in [3.05, 3.63) is 65.3 Å². The molecular formula is C18H13N5O2. The molecule has 0 spiro atoms. The van der Waals surface area contributed by atoms with Crippen LogP contribution in [0.5, 0.6) is 0 Å². The third-order valence-electron chi connectivity index (χ3n) is 4.24. The second kappa shape index (κ2) is 5.76. The molecule has 0 radical (unpaired) electrons. The van der Waals surface area contributed by atoms with Crippen LogP contribution in [0.4, 0.5) is 16.2 Å². The number of fused-ring (bicyclic) bond motifs is 1. The molecule has 0 unspecified atom stereocenters. The molecule has 7 nitrogen and oxygen atoms in total. The molecule has 1 fully saturated rings. The maximum absolute atomic E-state index is 13.0. The topological polar surface area (TPSA) is 93.1 Å². The van der Waals surface area contributed by atoms with Gasteiger partial charge >= 0.3 is 6.03 Å². The molecule has 3 heterocycles. The molecule has 0 aliphatic carbocycles. The van der Waals surface area contributed by atoms with Crippen molar-refractivity contribution < 1.29 is 4.79 Å². The first kappa shape index (κ1) is 14.9. The summed E-state index contributed by atoms with van der Waals surface area (Å²) in [4.78, 5) is 33.9. The number of amides is 2. The maximum atomic E-state index is 13.0. The molecular weight excluding hydrogens is 318 g/mol. The summed E-state index contributed by atoms with van der Waals surface area (Å²) in [5.41, 5.74) is 0.893. The number of hydrogen-bond acceptors (Lipinski definition) is 4. The zero-order chi connectivity index (χ0) is 17.4. The van der Waals surface area contributed by atoms with Gasteiger partial charge < -0.3 is 4.98 Å². The predicted molar refractivity (Wildman–Crippen MR) is 93.4 cm³/mol. The number of aromatic amines is 1. The molecule has 3 aromatic rings. The Bertz CT molecular complexity index is 1040. The Kier molecular flexibility index (Phi) is 3.43. The van der Waals surface area contributed by atoms with E-state index in [1.165, 1.54) is 22.1 Å². The van der Waals surface area contributed by atoms with E-state index >= 15 is 0 Å². The normalized spacial score (nSPS) is 17.1. The average Bonchev–Trinajstić information content (AvgIpc) is 2.98. The summed E-state index contributed by atoms with van der Waals surface area (Å²) in [5.74, 6) is 0. The number of nitriles is 1. The van der Waals surface area contributed by atoms with Crippen LogP contribution < -0.4 is 15.4 Å². The third-order valence-corrected chi connectivity index (χ3v) is 4.24. The van der Waals surface area contributed by atoms with Crippen molar-refractivity contribution >= 4 is 28.2 Å². The lowest BCUT2D eigenvalue weighted by molar-refractivity contribution is 0.255. The van der Waals surface area contributed by atoms with Gasteiger partial charge in [0.15, 0.2) is 0 Å². The number of urea groups is 1. The van der Waals surface area contributed by atoms with E-state index in [1.54, 1.807) is 18.5 Å². The third kappa shape index (κ3) is 2.40. The molecule has 7 heteroatoms. The molecule has 25 heavy (non-hydrogen) atoms. The molecule has 0 saturated carbocycles. The highest BCUT2D eigenvalue weighted by Crippen LogP contribution is 2.32. The van der Waals surface area contributed by atoms with E-state index in [-0.39, 0.29) is 18.1 Å². The van der Waals surface area contributed by atoms with Gasteiger partial charge in [-0.1, -0.05) is 24.3 Å². The number of H-pyrrole nitrogens is 1. The summed E-state index contributed by atoms with van der Waals surface area (Å²) in [6.45, 7) is 0.213. The second-order valence-electron chi connectivity index (χ2n) is 5.70. The molecule has 1 atom stereocenters. The van der Waals surface area contributed by atoms with Gasteiger partial charge in [0.05, 0.1) is 30.2 Å². The number of rotatable bonds is 2. The number of nitrogens with zero attached hydrogens (tertiary/aromatic N) is 4. The Balaban J connectivity index is 1.81. The zero-order valence-corrected chi connectivity index (χ0v) is 13.1. The quantitative estimate of drug-likeness (QED) is 0.779. The van der Waals surface area contributed by atoms with Crippen LogP contribution in [0, 0.1) is 11.3 Å². The summed E-state index contributed by atoms with van der Waals surface area (Å²) in [6.07, 6.45) is 4.79. The van der Waals surface area contributed by atoms with E-state index in [9.17, 15) is 14.9 Å². The molecule has 1 saturated heterocycles. The second-order valence-corrected chi connectivity index (χ2v) is 5.70. The van der Waals surface area contributed by atoms with Crippen LogP contribution in [0.25, 0.3) is 10.8 Å². The Labute approximate surface area is 142 Å². The van der Waals surface area contributed by atoms with Crippen LogP contribution in [0.3, 0.4) is 0 Å². The zero-order valence-electron chi connectivity index (χ0n) is 13.1. The van der Waals surface area contributed by atoms with Crippen molar-refractivity contribution in [2.45, 2.75) is 6.04 Å². The summed E-state index contributed by atoms with van der Waals surface area (Å²) in [5, 5.41) is 11.3. The van der Waals surface area contributed by atoms with Gasteiger partial charge in [-0.3, -0.25) is 19.6 Å². The molecule has 1 aromatic carbocycles. The van der Waals surface area contributed by atoms with Crippen LogP contribution >= 0.6 is 0 Å². The van der Waals surface area contributed by atoms with Crippen LogP contribution in [0.15, 0.2) is 59.8 Å². The van der Waals surface area contributed by atoms with Crippen molar-refractivity contribution in [2.75, 3.05) is 16.3 Å². The van der Waals surface area contributed by atoms with Crippen LogP contribution in [-0.4, -0.2) is 28.6 Å². The lowest BCUT2D eigenvalue weighted by Crippen LogP contribution is -2.34. The van der Waals surface area contributed by atoms with E-state index in [1.807, 2.05) is 24.3 Å². The minimum atomic E-state index is -0.646. The van der Waals surface area contributed by atoms with Gasteiger partial charge in [-0.05, 0) is 6.07 Å². The van der Waals surface area contributed by atoms with E-state index in [0.717, 1.165) is 10.8 Å². The van der Waals surface area contributed by atoms with Gasteiger partial charge in [-0.15, -0.1) is 0 Å². The van der Waals surface area contributed by atoms with Crippen LogP contribution in [0.2, 0.25) is 0 Å². The Morgan fingerprint density at radius 2 is 2.00 bits per heavy atom. The molecule has 0 bridgehead atoms. The summed E-state index contributed by atoms with van der Waals surface area (Å²) < 4.78 is 0. The van der Waals surface area contributed by atoms with Crippen molar-refractivity contribution in [1.29, 1.82) is 5.26 Å². The van der Waals surface area contributed by atoms with Crippen LogP contribution in [-0.2, 0) is 0 Å². The molecule has 2 aromatic heterocycles. The molecule has 1 aliphatic rings. The minimum absolute atomic E-state index is 0.213. The standard InChI is InChI=1S/C18H13N5O2/c19-7-14-11-22(13-5-6-17(24)21-9-13)18(25)23(14)16-10-20-8-12-3-1-2-4-15(12)16/h1-6,8-10,14H,11H2,(H,21,24)/t14-/m0/s1. The van der Waals surface area contributed by atoms with E-state index in [4.69, 9.17) is 0 Å². The Morgan fingerprint density at radius 3 is 2.76 bits per heavy atom. The Hall–Kier alpha value is -3.66. The number of nitrogens with one attached hydrogen (secondary N) is 1. The number of carbonyl (C=O) groups is 1. The van der Waals surface area contributed by atoms with Gasteiger partial charge in [0, 0.05) is 29.2 Å². The van der Waals surface area contributed by atoms with E-state index in [0.29, 0.717) is 11.4 Å². The molecule has 2 amide bonds. The SMILES string of the molecule is N#C[C@H]1CN(c2ccc(=O)[nH]c2)C(=O)N1c1cncc2ccccc12. The first-order chi connectivity index (χ1) is 12.2. The van der Waals surface area contributed by atoms with Crippen molar-refractivity contribution in [3.8, 4) is 6.07 Å². The number of aromatic nitrogens is 2. The van der Waals surface area contributed by atoms with E-state index in [2.05, 4.69) is 16.0 Å². The summed E-state index contributed by atoms with van der Waals surface area (Å²) >= 11 is 0. The molecule has 122 valence electrons. The maximum Gasteiger partial charge on any atom is 0.330 e. The summed E-state index contributed by atoms with van der Waals surface area (Å²) in [6, 6.07) is 11.7. The fraction of sp³-hybridized carbons (Fsp3) is 0.111. The lowest BCUT2D eigenvalue weighted by atomic mass is 10.1. The predicted octanol–water partition coefficient (Wildman–Crippen LogP) is 2.26. The highest BCUT2D eigenvalue weighted by Gasteiger charge is 2.40. The largest absolute Gasteiger partial charge is 0.330 e. The van der Waals surface area contributed by atoms with Gasteiger partial charge in [-0.2, -0.15) is 5.26 Å². The lowest BCUT2D eigenvalue weighted by Gasteiger charge is -2.20. The monoisotopic (exact) mass is 331 g/mol. The smallest absolute Gasteiger partial charge is 0.327 e. The highest BCUT2D eigenvalue weighted by molar-refractivity contribution is 6.11. The van der Waals surface area contributed by atoms with Crippen molar-refractivity contribution in [1.82, 2.24) is 9.97 Å². The fourth-order valence-corrected chi connectivity index (χ4v) is 3.04. The van der Waals surface area contributed by atoms with Crippen molar-refractivity contribution in [3.63, 3.8) is 0 Å². The van der Waals surface area contributed by atoms with E-state index < -0.39 is 6.04 Å². The Morgan fingerprint density at radius 1 is 1.16 bits per heavy atom. The number of pyridine rings is 2. The van der Waals surface area contributed by atoms with Crippen molar-refractivity contribution in [2.24, 2.45) is 0 Å². The number of carbonyl (C=O) groups excluding carboxylic acids is 1. The minimum Gasteiger partial charge on any atom is -0.327 e. The number of hydrogen-bond donors (Lipinski definition) is 1. The van der Waals surface area contributed by atoms with Crippen LogP contribution in [0.1, 0.15) is 0 Å². The first-order valence-electron chi connectivity index (χ1n) is 7.71. The highest BCUT2D eigenvalue weighted by atomic mass is 16.2. The number of anilines is 2. The van der Waals surface area contributed by atoms with Gasteiger partial charge in [0.2, 0.25) is 5.56 Å². The first-order valence-corrected chi connectivity index (χ1v) is 7.71. The molecule has 4 rings (SSSR count). The van der Waals surface area contributed by atoms with Gasteiger partial charge in [-0.25, -0.2) is 4.79 Å². The molecule has 1 N–H and O–H groups in total. The van der Waals surface area contributed by atoms with Gasteiger partial charge in [0.1, 0.15) is 6.04 Å². The number of benzene rings is 1. The van der Waals surface area contributed by atoms with Gasteiger partial charge in [0.25, 0.3) is 0 Å². The fourth-order valence-electron chi connectivity index (χ4n) is 3.04.